The van der Waals surface area contributed by atoms with Gasteiger partial charge in [-0.15, -0.1) is 11.5 Å². The van der Waals surface area contributed by atoms with E-state index in [1.54, 1.807) is 18.3 Å². The smallest absolute Gasteiger partial charge is 0.247 e. The van der Waals surface area contributed by atoms with Gasteiger partial charge < -0.3 is 15.5 Å². The fourth-order valence-electron chi connectivity index (χ4n) is 5.16. The summed E-state index contributed by atoms with van der Waals surface area (Å²) in [6, 6.07) is 5.96. The zero-order chi connectivity index (χ0) is 25.7. The summed E-state index contributed by atoms with van der Waals surface area (Å²) >= 11 is 6.77. The molecule has 2 aliphatic heterocycles. The second-order valence-electron chi connectivity index (χ2n) is 10.3. The summed E-state index contributed by atoms with van der Waals surface area (Å²) in [5.41, 5.74) is 0.348. The maximum atomic E-state index is 16.1. The molecule has 2 N–H and O–H groups in total. The number of rotatable bonds is 6. The van der Waals surface area contributed by atoms with E-state index in [1.807, 2.05) is 0 Å². The lowest BCUT2D eigenvalue weighted by Gasteiger charge is -2.50. The number of hydrogen-bond donors (Lipinski definition) is 2. The van der Waals surface area contributed by atoms with Crippen molar-refractivity contribution in [1.82, 2.24) is 29.4 Å². The number of anilines is 3. The van der Waals surface area contributed by atoms with Gasteiger partial charge in [0.2, 0.25) is 5.95 Å². The molecule has 0 radical (unpaired) electrons. The number of aromatic nitrogens is 4. The van der Waals surface area contributed by atoms with Crippen molar-refractivity contribution in [3.05, 3.63) is 40.2 Å². The van der Waals surface area contributed by atoms with Crippen LogP contribution in [0, 0.1) is 23.7 Å². The molecule has 2 aromatic heterocycles. The van der Waals surface area contributed by atoms with Crippen molar-refractivity contribution >= 4 is 34.7 Å². The minimum Gasteiger partial charge on any atom is -0.364 e. The summed E-state index contributed by atoms with van der Waals surface area (Å²) in [4.78, 5) is 13.4. The summed E-state index contributed by atoms with van der Waals surface area (Å²) in [6.07, 6.45) is 11.3. The van der Waals surface area contributed by atoms with E-state index in [0.717, 1.165) is 38.8 Å². The van der Waals surface area contributed by atoms with Gasteiger partial charge in [0.15, 0.2) is 17.1 Å². The molecule has 37 heavy (non-hydrogen) atoms. The number of benzene rings is 1. The Labute approximate surface area is 219 Å². The minimum absolute atomic E-state index is 0.211. The van der Waals surface area contributed by atoms with Gasteiger partial charge in [0.1, 0.15) is 5.69 Å². The van der Waals surface area contributed by atoms with Crippen LogP contribution >= 0.6 is 11.6 Å². The largest absolute Gasteiger partial charge is 0.364 e. The molecule has 1 aliphatic carbocycles. The first-order chi connectivity index (χ1) is 17.9. The highest BCUT2D eigenvalue weighted by molar-refractivity contribution is 6.34. The zero-order valence-electron chi connectivity index (χ0n) is 20.5. The van der Waals surface area contributed by atoms with Crippen LogP contribution in [0.25, 0.3) is 5.65 Å². The van der Waals surface area contributed by atoms with E-state index >= 15 is 4.39 Å². The second kappa shape index (κ2) is 9.14. The van der Waals surface area contributed by atoms with Crippen LogP contribution in [-0.2, 0) is 5.67 Å². The molecule has 0 spiro atoms. The van der Waals surface area contributed by atoms with Crippen molar-refractivity contribution < 1.29 is 4.39 Å². The van der Waals surface area contributed by atoms with Crippen LogP contribution in [0.1, 0.15) is 42.5 Å². The summed E-state index contributed by atoms with van der Waals surface area (Å²) < 4.78 is 17.7. The van der Waals surface area contributed by atoms with E-state index in [-0.39, 0.29) is 24.1 Å². The number of likely N-dealkylation sites (tertiary alicyclic amines) is 2. The molecule has 9 nitrogen and oxygen atoms in total. The quantitative estimate of drug-likeness (QED) is 0.477. The van der Waals surface area contributed by atoms with Gasteiger partial charge >= 0.3 is 0 Å². The Hall–Kier alpha value is -3.44. The van der Waals surface area contributed by atoms with Crippen molar-refractivity contribution in [2.24, 2.45) is 0 Å². The molecule has 3 aromatic rings. The number of alkyl halides is 1. The Bertz CT molecular complexity index is 1440. The third-order valence-corrected chi connectivity index (χ3v) is 7.88. The third-order valence-electron chi connectivity index (χ3n) is 7.47. The molecular formula is C26H27ClFN9. The monoisotopic (exact) mass is 519 g/mol. The second-order valence-corrected chi connectivity index (χ2v) is 10.6. The minimum atomic E-state index is -1.63. The summed E-state index contributed by atoms with van der Waals surface area (Å²) in [5, 5.41) is 20.8. The van der Waals surface area contributed by atoms with E-state index in [4.69, 9.17) is 18.0 Å². The average Bonchev–Trinajstić information content (AvgIpc) is 3.59. The molecule has 190 valence electrons. The van der Waals surface area contributed by atoms with Gasteiger partial charge in [0.05, 0.1) is 28.5 Å². The highest BCUT2D eigenvalue weighted by atomic mass is 35.5. The fraction of sp³-hybridized carbons (Fsp3) is 0.462. The number of nitrogens with zero attached hydrogens (tertiary/aromatic N) is 7. The molecule has 4 heterocycles. The summed E-state index contributed by atoms with van der Waals surface area (Å²) in [7, 11) is 2.11. The molecule has 0 amide bonds. The van der Waals surface area contributed by atoms with E-state index in [9.17, 15) is 5.26 Å². The average molecular weight is 520 g/mol. The molecule has 1 saturated carbocycles. The van der Waals surface area contributed by atoms with E-state index < -0.39 is 5.67 Å². The molecule has 0 bridgehead atoms. The maximum Gasteiger partial charge on any atom is 0.247 e. The highest BCUT2D eigenvalue weighted by Crippen LogP contribution is 2.45. The topological polar surface area (TPSA) is 97.4 Å². The highest BCUT2D eigenvalue weighted by Gasteiger charge is 2.49. The Morgan fingerprint density at radius 3 is 2.65 bits per heavy atom. The molecule has 3 aliphatic rings. The number of fused-ring (bicyclic) bond motifs is 1. The number of nitriles is 1. The van der Waals surface area contributed by atoms with Crippen LogP contribution in [0.4, 0.5) is 21.8 Å². The predicted octanol–water partition coefficient (Wildman–Crippen LogP) is 3.52. The zero-order valence-corrected chi connectivity index (χ0v) is 21.3. The van der Waals surface area contributed by atoms with Crippen molar-refractivity contribution in [1.29, 1.82) is 5.26 Å². The lowest BCUT2D eigenvalue weighted by atomic mass is 9.84. The molecular weight excluding hydrogens is 493 g/mol. The third kappa shape index (κ3) is 4.46. The van der Waals surface area contributed by atoms with Gasteiger partial charge in [-0.2, -0.15) is 14.8 Å². The van der Waals surface area contributed by atoms with Crippen LogP contribution in [0.3, 0.4) is 0 Å². The molecule has 1 aromatic carbocycles. The van der Waals surface area contributed by atoms with Gasteiger partial charge in [0.25, 0.3) is 0 Å². The molecule has 11 heteroatoms. The predicted molar refractivity (Wildman–Crippen MR) is 140 cm³/mol. The van der Waals surface area contributed by atoms with E-state index in [2.05, 4.69) is 54.5 Å². The van der Waals surface area contributed by atoms with Gasteiger partial charge in [-0.1, -0.05) is 11.6 Å². The number of piperidine rings is 1. The Kier molecular flexibility index (Phi) is 5.91. The van der Waals surface area contributed by atoms with Crippen molar-refractivity contribution in [3.8, 4) is 18.4 Å². The lowest BCUT2D eigenvalue weighted by molar-refractivity contribution is -0.0728. The van der Waals surface area contributed by atoms with E-state index in [0.29, 0.717) is 46.1 Å². The van der Waals surface area contributed by atoms with Crippen LogP contribution in [0.15, 0.2) is 18.3 Å². The number of nitrogens with one attached hydrogen (secondary N) is 2. The molecule has 3 fully saturated rings. The number of halogens is 2. The number of hydrogen-bond acceptors (Lipinski definition) is 8. The normalized spacial score (nSPS) is 20.2. The molecule has 2 saturated heterocycles. The van der Waals surface area contributed by atoms with Gasteiger partial charge in [0, 0.05) is 30.7 Å². The Balaban J connectivity index is 1.30. The standard InChI is InChI=1S/C26H27ClFN9/c1-3-18-13-30-24-23(31-17-4-5-17)33-25(34-37(18)24)32-21-11-16(12-29)10-20(22(21)27)26(28)14-36(15-26)19-6-8-35(2)9-7-19/h1,10-11,13,17,19H,4-9,14-15H2,2H3,(H2,31,32,33,34). The van der Waals surface area contributed by atoms with Crippen LogP contribution in [0.5, 0.6) is 0 Å². The molecule has 6 rings (SSSR count). The Morgan fingerprint density at radius 1 is 1.22 bits per heavy atom. The molecule has 0 unspecified atom stereocenters. The Morgan fingerprint density at radius 2 is 1.97 bits per heavy atom. The first kappa shape index (κ1) is 23.9. The van der Waals surface area contributed by atoms with Crippen molar-refractivity contribution in [2.75, 3.05) is 43.9 Å². The summed E-state index contributed by atoms with van der Waals surface area (Å²) in [6.45, 7) is 2.54. The number of imidazole rings is 1. The fourth-order valence-corrected chi connectivity index (χ4v) is 5.49. The van der Waals surface area contributed by atoms with E-state index in [1.165, 1.54) is 4.52 Å². The van der Waals surface area contributed by atoms with Crippen LogP contribution in [-0.4, -0.2) is 74.7 Å². The van der Waals surface area contributed by atoms with Gasteiger partial charge in [-0.3, -0.25) is 4.90 Å². The van der Waals surface area contributed by atoms with Crippen molar-refractivity contribution in [3.63, 3.8) is 0 Å². The lowest BCUT2D eigenvalue weighted by Crippen LogP contribution is -2.61. The van der Waals surface area contributed by atoms with Crippen molar-refractivity contribution in [2.45, 2.75) is 43.4 Å². The van der Waals surface area contributed by atoms with Gasteiger partial charge in [-0.25, -0.2) is 9.37 Å². The summed E-state index contributed by atoms with van der Waals surface area (Å²) in [5.74, 6) is 3.33. The van der Waals surface area contributed by atoms with Gasteiger partial charge in [-0.05, 0) is 63.9 Å². The molecule has 0 atom stereocenters. The number of terminal acetylenes is 1. The SMILES string of the molecule is C#Cc1cnc2c(NC3CC3)nc(Nc3cc(C#N)cc(C4(F)CN(C5CCN(C)CC5)C4)c3Cl)nn12. The van der Waals surface area contributed by atoms with Crippen LogP contribution in [0.2, 0.25) is 5.02 Å². The first-order valence-electron chi connectivity index (χ1n) is 12.5. The maximum absolute atomic E-state index is 16.1. The first-order valence-corrected chi connectivity index (χ1v) is 12.9. The van der Waals surface area contributed by atoms with Crippen LogP contribution < -0.4 is 10.6 Å².